The largest absolute Gasteiger partial charge is 0.325 e. The van der Waals surface area contributed by atoms with Crippen LogP contribution in [0.4, 0.5) is 14.5 Å². The van der Waals surface area contributed by atoms with Gasteiger partial charge in [-0.25, -0.2) is 8.78 Å². The number of thioether (sulfide) groups is 1. The first-order valence-electron chi connectivity index (χ1n) is 9.21. The Balaban J connectivity index is 1.39. The summed E-state index contributed by atoms with van der Waals surface area (Å²) in [5.41, 5.74) is 1.08. The first kappa shape index (κ1) is 21.0. The van der Waals surface area contributed by atoms with Crippen molar-refractivity contribution in [1.82, 2.24) is 4.90 Å². The predicted molar refractivity (Wildman–Crippen MR) is 108 cm³/mol. The van der Waals surface area contributed by atoms with Crippen LogP contribution in [-0.4, -0.2) is 40.2 Å². The number of carbonyl (C=O) groups excluding carboxylic acids is 3. The predicted octanol–water partition coefficient (Wildman–Crippen LogP) is 4.10. The molecule has 1 heterocycles. The summed E-state index contributed by atoms with van der Waals surface area (Å²) in [5.74, 6) is -2.16. The summed E-state index contributed by atoms with van der Waals surface area (Å²) >= 11 is 1.41. The van der Waals surface area contributed by atoms with E-state index in [0.29, 0.717) is 29.8 Å². The third-order valence-corrected chi connectivity index (χ3v) is 5.82. The molecule has 0 radical (unpaired) electrons. The van der Waals surface area contributed by atoms with E-state index in [1.54, 1.807) is 31.2 Å². The van der Waals surface area contributed by atoms with Crippen LogP contribution in [0.15, 0.2) is 42.5 Å². The molecule has 1 aliphatic rings. The Morgan fingerprint density at radius 1 is 1.03 bits per heavy atom. The molecule has 1 N–H and O–H groups in total. The Kier molecular flexibility index (Phi) is 6.64. The minimum atomic E-state index is -1.02. The van der Waals surface area contributed by atoms with Gasteiger partial charge < -0.3 is 5.32 Å². The summed E-state index contributed by atoms with van der Waals surface area (Å²) in [6.07, 6.45) is 1.36. The molecule has 3 amide bonds. The molecule has 0 bridgehead atoms. The minimum absolute atomic E-state index is 0.201. The number of halogens is 2. The van der Waals surface area contributed by atoms with Crippen molar-refractivity contribution in [2.45, 2.75) is 25.0 Å². The number of nitrogens with one attached hydrogen (secondary N) is 1. The van der Waals surface area contributed by atoms with Crippen LogP contribution in [0.2, 0.25) is 0 Å². The summed E-state index contributed by atoms with van der Waals surface area (Å²) in [4.78, 5) is 38.0. The van der Waals surface area contributed by atoms with E-state index in [-0.39, 0.29) is 28.7 Å². The van der Waals surface area contributed by atoms with Crippen molar-refractivity contribution in [3.8, 4) is 0 Å². The topological polar surface area (TPSA) is 66.5 Å². The number of hydrogen-bond acceptors (Lipinski definition) is 4. The van der Waals surface area contributed by atoms with Gasteiger partial charge in [-0.1, -0.05) is 12.1 Å². The molecule has 0 saturated carbocycles. The zero-order chi connectivity index (χ0) is 21.0. The molecule has 3 rings (SSSR count). The summed E-state index contributed by atoms with van der Waals surface area (Å²) in [6.45, 7) is 2.06. The Bertz CT molecular complexity index is 916. The van der Waals surface area contributed by atoms with Crippen LogP contribution >= 0.6 is 11.8 Å². The number of benzene rings is 2. The summed E-state index contributed by atoms with van der Waals surface area (Å²) < 4.78 is 26.1. The van der Waals surface area contributed by atoms with Crippen LogP contribution in [-0.2, 0) is 4.79 Å². The maximum atomic E-state index is 13.2. The highest BCUT2D eigenvalue weighted by molar-refractivity contribution is 8.00. The van der Waals surface area contributed by atoms with Crippen LogP contribution in [0.5, 0.6) is 0 Å². The van der Waals surface area contributed by atoms with Gasteiger partial charge in [-0.05, 0) is 49.8 Å². The maximum Gasteiger partial charge on any atom is 0.261 e. The molecule has 2 aromatic carbocycles. The molecule has 152 valence electrons. The molecule has 1 atom stereocenters. The molecule has 1 aliphatic heterocycles. The molecule has 0 aliphatic carbocycles. The number of hydrogen-bond donors (Lipinski definition) is 1. The maximum absolute atomic E-state index is 13.2. The van der Waals surface area contributed by atoms with Gasteiger partial charge in [0.2, 0.25) is 5.91 Å². The average molecular weight is 418 g/mol. The van der Waals surface area contributed by atoms with Crippen molar-refractivity contribution in [1.29, 1.82) is 0 Å². The SMILES string of the molecule is CC(SCCCCN1C(=O)c2ccccc2C1=O)C(=O)Nc1ccc(F)c(F)c1. The van der Waals surface area contributed by atoms with E-state index in [4.69, 9.17) is 0 Å². The molecule has 8 heteroatoms. The fourth-order valence-electron chi connectivity index (χ4n) is 2.97. The number of carbonyl (C=O) groups is 3. The lowest BCUT2D eigenvalue weighted by Crippen LogP contribution is -2.30. The summed E-state index contributed by atoms with van der Waals surface area (Å²) in [6, 6.07) is 9.97. The number of amides is 3. The van der Waals surface area contributed by atoms with Crippen LogP contribution in [0, 0.1) is 11.6 Å². The molecule has 0 aromatic heterocycles. The van der Waals surface area contributed by atoms with E-state index in [0.717, 1.165) is 18.6 Å². The van der Waals surface area contributed by atoms with Crippen molar-refractivity contribution >= 4 is 35.2 Å². The monoisotopic (exact) mass is 418 g/mol. The molecule has 1 unspecified atom stereocenters. The second kappa shape index (κ2) is 9.17. The van der Waals surface area contributed by atoms with Gasteiger partial charge in [-0.3, -0.25) is 19.3 Å². The van der Waals surface area contributed by atoms with Crippen molar-refractivity contribution in [3.63, 3.8) is 0 Å². The molecule has 0 spiro atoms. The second-order valence-corrected chi connectivity index (χ2v) is 8.09. The zero-order valence-electron chi connectivity index (χ0n) is 15.8. The lowest BCUT2D eigenvalue weighted by Gasteiger charge is -2.14. The Morgan fingerprint density at radius 3 is 2.31 bits per heavy atom. The van der Waals surface area contributed by atoms with E-state index in [1.807, 2.05) is 0 Å². The van der Waals surface area contributed by atoms with Gasteiger partial charge in [-0.15, -0.1) is 11.8 Å². The molecular weight excluding hydrogens is 398 g/mol. The third-order valence-electron chi connectivity index (χ3n) is 4.58. The summed E-state index contributed by atoms with van der Waals surface area (Å²) in [7, 11) is 0. The van der Waals surface area contributed by atoms with E-state index >= 15 is 0 Å². The van der Waals surface area contributed by atoms with Gasteiger partial charge in [0.05, 0.1) is 16.4 Å². The van der Waals surface area contributed by atoms with E-state index < -0.39 is 11.6 Å². The van der Waals surface area contributed by atoms with Gasteiger partial charge in [-0.2, -0.15) is 0 Å². The number of fused-ring (bicyclic) bond motifs is 1. The normalized spacial score (nSPS) is 14.1. The average Bonchev–Trinajstić information content (AvgIpc) is 2.95. The van der Waals surface area contributed by atoms with Crippen molar-refractivity contribution < 1.29 is 23.2 Å². The first-order valence-corrected chi connectivity index (χ1v) is 10.3. The number of imide groups is 1. The lowest BCUT2D eigenvalue weighted by atomic mass is 10.1. The van der Waals surface area contributed by atoms with Crippen LogP contribution in [0.1, 0.15) is 40.5 Å². The highest BCUT2D eigenvalue weighted by Gasteiger charge is 2.34. The molecule has 29 heavy (non-hydrogen) atoms. The molecule has 5 nitrogen and oxygen atoms in total. The van der Waals surface area contributed by atoms with Crippen molar-refractivity contribution in [2.24, 2.45) is 0 Å². The summed E-state index contributed by atoms with van der Waals surface area (Å²) in [5, 5.41) is 2.17. The Labute approximate surface area is 171 Å². The Hall–Kier alpha value is -2.74. The molecule has 0 saturated heterocycles. The van der Waals surface area contributed by atoms with E-state index in [1.165, 1.54) is 22.7 Å². The van der Waals surface area contributed by atoms with Gasteiger partial charge in [0.25, 0.3) is 11.8 Å². The van der Waals surface area contributed by atoms with E-state index in [2.05, 4.69) is 5.32 Å². The van der Waals surface area contributed by atoms with Crippen molar-refractivity contribution in [2.75, 3.05) is 17.6 Å². The number of anilines is 1. The van der Waals surface area contributed by atoms with Crippen LogP contribution in [0.3, 0.4) is 0 Å². The van der Waals surface area contributed by atoms with Crippen molar-refractivity contribution in [3.05, 3.63) is 65.2 Å². The fraction of sp³-hybridized carbons (Fsp3) is 0.286. The standard InChI is InChI=1S/C21H20F2N2O3S/c1-13(19(26)24-14-8-9-17(22)18(23)12-14)29-11-5-4-10-25-20(27)15-6-2-3-7-16(15)21(25)28/h2-3,6-9,12-13H,4-5,10-11H2,1H3,(H,24,26). The molecular formula is C21H20F2N2O3S. The number of nitrogens with zero attached hydrogens (tertiary/aromatic N) is 1. The lowest BCUT2D eigenvalue weighted by molar-refractivity contribution is -0.115. The third kappa shape index (κ3) is 4.82. The second-order valence-electron chi connectivity index (χ2n) is 6.65. The minimum Gasteiger partial charge on any atom is -0.325 e. The highest BCUT2D eigenvalue weighted by atomic mass is 32.2. The van der Waals surface area contributed by atoms with Gasteiger partial charge in [0.15, 0.2) is 11.6 Å². The van der Waals surface area contributed by atoms with Crippen LogP contribution < -0.4 is 5.32 Å². The fourth-order valence-corrected chi connectivity index (χ4v) is 3.90. The molecule has 2 aromatic rings. The Morgan fingerprint density at radius 2 is 1.69 bits per heavy atom. The quantitative estimate of drug-likeness (QED) is 0.518. The highest BCUT2D eigenvalue weighted by Crippen LogP contribution is 2.23. The number of rotatable bonds is 8. The number of unbranched alkanes of at least 4 members (excludes halogenated alkanes) is 1. The van der Waals surface area contributed by atoms with Crippen LogP contribution in [0.25, 0.3) is 0 Å². The molecule has 0 fully saturated rings. The van der Waals surface area contributed by atoms with Gasteiger partial charge in [0.1, 0.15) is 0 Å². The van der Waals surface area contributed by atoms with Gasteiger partial charge in [0, 0.05) is 18.3 Å². The zero-order valence-corrected chi connectivity index (χ0v) is 16.6. The van der Waals surface area contributed by atoms with Gasteiger partial charge >= 0.3 is 0 Å². The smallest absolute Gasteiger partial charge is 0.261 e. The van der Waals surface area contributed by atoms with E-state index in [9.17, 15) is 23.2 Å². The first-order chi connectivity index (χ1) is 13.9.